The maximum absolute atomic E-state index is 12.1. The van der Waals surface area contributed by atoms with Gasteiger partial charge in [-0.05, 0) is 59.7 Å². The zero-order chi connectivity index (χ0) is 30.3. The van der Waals surface area contributed by atoms with Gasteiger partial charge in [-0.3, -0.25) is 0 Å². The van der Waals surface area contributed by atoms with Crippen LogP contribution in [0.15, 0.2) is 35.2 Å². The molecule has 2 aromatic carbocycles. The van der Waals surface area contributed by atoms with E-state index in [1.165, 1.54) is 158 Å². The van der Waals surface area contributed by atoms with Gasteiger partial charge in [0.15, 0.2) is 0 Å². The van der Waals surface area contributed by atoms with Crippen molar-refractivity contribution in [3.8, 4) is 0 Å². The summed E-state index contributed by atoms with van der Waals surface area (Å²) < 4.78 is 36.2. The summed E-state index contributed by atoms with van der Waals surface area (Å²) in [5, 5.41) is 1.56. The normalized spacial score (nSPS) is 11.7. The van der Waals surface area contributed by atoms with E-state index < -0.39 is 10.1 Å². The number of hydrogen-bond donors (Lipinski definition) is 0. The van der Waals surface area contributed by atoms with Crippen LogP contribution in [0, 0.1) is 0 Å². The molecule has 43 heavy (non-hydrogen) atoms. The van der Waals surface area contributed by atoms with Gasteiger partial charge in [-0.1, -0.05) is 173 Å². The summed E-state index contributed by atoms with van der Waals surface area (Å²) in [5.41, 5.74) is 2.39. The Bertz CT molecular complexity index is 1070. The molecule has 5 heteroatoms. The van der Waals surface area contributed by atoms with Crippen molar-refractivity contribution >= 4 is 20.9 Å². The molecule has 2 aromatic rings. The van der Waals surface area contributed by atoms with Gasteiger partial charge >= 0.3 is 29.6 Å². The Morgan fingerprint density at radius 1 is 0.512 bits per heavy atom. The first-order chi connectivity index (χ1) is 20.5. The van der Waals surface area contributed by atoms with E-state index in [2.05, 4.69) is 19.9 Å². The van der Waals surface area contributed by atoms with Gasteiger partial charge < -0.3 is 4.55 Å². The van der Waals surface area contributed by atoms with E-state index in [1.807, 2.05) is 12.1 Å². The van der Waals surface area contributed by atoms with E-state index in [4.69, 9.17) is 0 Å². The topological polar surface area (TPSA) is 57.2 Å². The van der Waals surface area contributed by atoms with E-state index in [0.29, 0.717) is 5.39 Å². The van der Waals surface area contributed by atoms with Crippen molar-refractivity contribution in [1.29, 1.82) is 0 Å². The monoisotopic (exact) mass is 622 g/mol. The van der Waals surface area contributed by atoms with Gasteiger partial charge in [0.2, 0.25) is 0 Å². The summed E-state index contributed by atoms with van der Waals surface area (Å²) in [6, 6.07) is 9.47. The Hall–Kier alpha value is -0.390. The molecular weight excluding hydrogens is 559 g/mol. The Balaban J connectivity index is 0.00000924. The average molecular weight is 623 g/mol. The van der Waals surface area contributed by atoms with Crippen LogP contribution < -0.4 is 29.6 Å². The Morgan fingerprint density at radius 3 is 1.33 bits per heavy atom. The molecular formula is C38H63NaO3S. The molecule has 0 bridgehead atoms. The molecule has 0 amide bonds. The second-order valence-electron chi connectivity index (χ2n) is 12.8. The van der Waals surface area contributed by atoms with E-state index >= 15 is 0 Å². The minimum atomic E-state index is -4.51. The number of unbranched alkanes of at least 4 members (excludes halogenated alkanes) is 22. The fourth-order valence-electron chi connectivity index (χ4n) is 6.40. The van der Waals surface area contributed by atoms with Crippen LogP contribution in [0.1, 0.15) is 179 Å². The fourth-order valence-corrected chi connectivity index (χ4v) is 7.08. The largest absolute Gasteiger partial charge is 1.00 e. The molecule has 0 heterocycles. The van der Waals surface area contributed by atoms with Crippen LogP contribution in [-0.2, 0) is 23.0 Å². The molecule has 0 saturated carbocycles. The SMILES string of the molecule is CCCCCCCCCCCCCCc1cc(CCCCCCCCCCCCCC)c2cccc(S(=O)(=O)[O-])c2c1.[Na+]. The maximum atomic E-state index is 12.1. The van der Waals surface area contributed by atoms with Crippen molar-refractivity contribution in [3.63, 3.8) is 0 Å². The number of hydrogen-bond acceptors (Lipinski definition) is 3. The molecule has 0 unspecified atom stereocenters. The van der Waals surface area contributed by atoms with Crippen molar-refractivity contribution in [2.45, 2.75) is 186 Å². The molecule has 240 valence electrons. The van der Waals surface area contributed by atoms with Crippen LogP contribution in [0.25, 0.3) is 10.8 Å². The van der Waals surface area contributed by atoms with Crippen molar-refractivity contribution in [2.75, 3.05) is 0 Å². The van der Waals surface area contributed by atoms with E-state index in [0.717, 1.165) is 31.1 Å². The second-order valence-corrected chi connectivity index (χ2v) is 14.2. The van der Waals surface area contributed by atoms with Crippen LogP contribution in [0.4, 0.5) is 0 Å². The minimum Gasteiger partial charge on any atom is -0.744 e. The van der Waals surface area contributed by atoms with Gasteiger partial charge in [0.1, 0.15) is 10.1 Å². The zero-order valence-electron chi connectivity index (χ0n) is 28.4. The standard InChI is InChI=1S/C38H64O3S.Na/c1-3-5-7-9-11-13-15-17-19-21-23-25-28-34-32-35(36-30-27-31-38(37(36)33-34)42(39,40)41)29-26-24-22-20-18-16-14-12-10-8-6-4-2;/h27,30-33H,3-26,28-29H2,1-2H3,(H,39,40,41);/q;+1/p-1. The summed E-state index contributed by atoms with van der Waals surface area (Å²) in [4.78, 5) is -0.0625. The Morgan fingerprint density at radius 2 is 0.907 bits per heavy atom. The van der Waals surface area contributed by atoms with Gasteiger partial charge in [-0.2, -0.15) is 0 Å². The third-order valence-electron chi connectivity index (χ3n) is 8.99. The molecule has 0 aliphatic rings. The van der Waals surface area contributed by atoms with Crippen molar-refractivity contribution < 1.29 is 42.5 Å². The first-order valence-electron chi connectivity index (χ1n) is 18.0. The number of benzene rings is 2. The molecule has 0 spiro atoms. The van der Waals surface area contributed by atoms with E-state index in [-0.39, 0.29) is 34.5 Å². The first-order valence-corrected chi connectivity index (χ1v) is 19.4. The second kappa shape index (κ2) is 25.8. The average Bonchev–Trinajstić information content (AvgIpc) is 2.97. The van der Waals surface area contributed by atoms with Crippen LogP contribution >= 0.6 is 0 Å². The third-order valence-corrected chi connectivity index (χ3v) is 9.88. The molecule has 0 aromatic heterocycles. The third kappa shape index (κ3) is 18.4. The summed E-state index contributed by atoms with van der Waals surface area (Å²) >= 11 is 0. The molecule has 3 nitrogen and oxygen atoms in total. The van der Waals surface area contributed by atoms with Gasteiger partial charge in [0.05, 0.1) is 4.90 Å². The van der Waals surface area contributed by atoms with Crippen molar-refractivity contribution in [2.24, 2.45) is 0 Å². The van der Waals surface area contributed by atoms with Gasteiger partial charge in [-0.25, -0.2) is 8.42 Å². The predicted molar refractivity (Wildman–Crippen MR) is 181 cm³/mol. The fraction of sp³-hybridized carbons (Fsp3) is 0.737. The Kier molecular flexibility index (Phi) is 24.3. The first kappa shape index (κ1) is 40.6. The predicted octanol–water partition coefficient (Wildman–Crippen LogP) is 9.24. The van der Waals surface area contributed by atoms with Gasteiger partial charge in [-0.15, -0.1) is 0 Å². The Labute approximate surface area is 288 Å². The molecule has 0 atom stereocenters. The molecule has 0 N–H and O–H groups in total. The quantitative estimate of drug-likeness (QED) is 0.0567. The van der Waals surface area contributed by atoms with Crippen molar-refractivity contribution in [3.05, 3.63) is 41.5 Å². The van der Waals surface area contributed by atoms with Crippen molar-refractivity contribution in [1.82, 2.24) is 0 Å². The number of rotatable bonds is 27. The van der Waals surface area contributed by atoms with Crippen LogP contribution in [0.2, 0.25) is 0 Å². The van der Waals surface area contributed by atoms with E-state index in [1.54, 1.807) is 6.07 Å². The summed E-state index contributed by atoms with van der Waals surface area (Å²) in [6.45, 7) is 4.54. The number of aryl methyl sites for hydroxylation is 2. The number of fused-ring (bicyclic) bond motifs is 1. The summed E-state index contributed by atoms with van der Waals surface area (Å²) in [5.74, 6) is 0. The summed E-state index contributed by atoms with van der Waals surface area (Å²) in [6.07, 6.45) is 33.7. The minimum absolute atomic E-state index is 0. The van der Waals surface area contributed by atoms with Crippen LogP contribution in [-0.4, -0.2) is 13.0 Å². The molecule has 0 saturated heterocycles. The van der Waals surface area contributed by atoms with Crippen LogP contribution in [0.3, 0.4) is 0 Å². The molecule has 0 fully saturated rings. The molecule has 2 rings (SSSR count). The van der Waals surface area contributed by atoms with Crippen LogP contribution in [0.5, 0.6) is 0 Å². The maximum Gasteiger partial charge on any atom is 1.00 e. The van der Waals surface area contributed by atoms with Gasteiger partial charge in [0.25, 0.3) is 0 Å². The molecule has 0 aliphatic carbocycles. The molecule has 0 aliphatic heterocycles. The van der Waals surface area contributed by atoms with E-state index in [9.17, 15) is 13.0 Å². The zero-order valence-corrected chi connectivity index (χ0v) is 31.2. The molecule has 0 radical (unpaired) electrons. The van der Waals surface area contributed by atoms with Gasteiger partial charge in [0, 0.05) is 0 Å². The summed E-state index contributed by atoms with van der Waals surface area (Å²) in [7, 11) is -4.51. The smallest absolute Gasteiger partial charge is 0.744 e.